The van der Waals surface area contributed by atoms with E-state index in [4.69, 9.17) is 19.2 Å². The molecule has 0 aliphatic carbocycles. The molecule has 2 rings (SSSR count). The van der Waals surface area contributed by atoms with Crippen molar-refractivity contribution in [2.45, 2.75) is 137 Å². The molecule has 7 nitrogen and oxygen atoms in total. The van der Waals surface area contributed by atoms with Crippen LogP contribution in [0, 0.1) is 6.92 Å². The lowest BCUT2D eigenvalue weighted by molar-refractivity contribution is -0.904. The molecule has 1 aliphatic rings. The number of carbonyl (C=O) groups excluding carboxylic acids is 1. The van der Waals surface area contributed by atoms with Gasteiger partial charge < -0.3 is 23.8 Å². The molecule has 218 valence electrons. The lowest BCUT2D eigenvalue weighted by Crippen LogP contribution is -2.41. The topological polar surface area (TPSA) is 77.9 Å². The standard InChI is InChI=1S/C31H55N2O5/c1-7-8-9-10-11-12-13-14-15-16-17-19-29(35)36-21-18-20-33(5,6)22-28-26(23-34)27-24-37-31(3,4)38-30(27)25(2)32-28/h34H,7-24H2,1-6H3/q+1. The number of pyridine rings is 1. The minimum Gasteiger partial charge on any atom is -0.465 e. The molecule has 1 aromatic heterocycles. The lowest BCUT2D eigenvalue weighted by Gasteiger charge is -2.35. The Morgan fingerprint density at radius 3 is 2.21 bits per heavy atom. The average Bonchev–Trinajstić information content (AvgIpc) is 2.85. The first-order valence-corrected chi connectivity index (χ1v) is 15.0. The summed E-state index contributed by atoms with van der Waals surface area (Å²) in [6, 6.07) is 0. The smallest absolute Gasteiger partial charge is 0.305 e. The van der Waals surface area contributed by atoms with Gasteiger partial charge in [0.2, 0.25) is 5.79 Å². The molecule has 0 atom stereocenters. The van der Waals surface area contributed by atoms with Crippen LogP contribution in [0.4, 0.5) is 0 Å². The number of ether oxygens (including phenoxy) is 3. The molecule has 0 bridgehead atoms. The fourth-order valence-electron chi connectivity index (χ4n) is 5.15. The molecule has 0 radical (unpaired) electrons. The Morgan fingerprint density at radius 2 is 1.61 bits per heavy atom. The minimum atomic E-state index is -0.701. The van der Waals surface area contributed by atoms with Crippen molar-refractivity contribution in [2.24, 2.45) is 0 Å². The zero-order valence-corrected chi connectivity index (χ0v) is 25.2. The van der Waals surface area contributed by atoms with Crippen LogP contribution in [0.3, 0.4) is 0 Å². The third-order valence-electron chi connectivity index (χ3n) is 7.42. The van der Waals surface area contributed by atoms with E-state index in [0.717, 1.165) is 54.1 Å². The van der Waals surface area contributed by atoms with Gasteiger partial charge in [-0.2, -0.15) is 0 Å². The number of hydrogen-bond acceptors (Lipinski definition) is 6. The molecule has 0 spiro atoms. The summed E-state index contributed by atoms with van der Waals surface area (Å²) in [5, 5.41) is 10.1. The maximum atomic E-state index is 12.1. The molecular formula is C31H55N2O5+. The van der Waals surface area contributed by atoms with Crippen molar-refractivity contribution in [1.82, 2.24) is 4.98 Å². The number of aromatic nitrogens is 1. The van der Waals surface area contributed by atoms with E-state index in [-0.39, 0.29) is 12.6 Å². The predicted octanol–water partition coefficient (Wildman–Crippen LogP) is 6.74. The average molecular weight is 536 g/mol. The Balaban J connectivity index is 1.65. The van der Waals surface area contributed by atoms with Crippen molar-refractivity contribution in [2.75, 3.05) is 27.2 Å². The quantitative estimate of drug-likeness (QED) is 0.120. The summed E-state index contributed by atoms with van der Waals surface area (Å²) in [5.41, 5.74) is 3.38. The molecule has 0 saturated heterocycles. The van der Waals surface area contributed by atoms with Gasteiger partial charge >= 0.3 is 5.97 Å². The lowest BCUT2D eigenvalue weighted by atomic mass is 10.0. The number of quaternary nitrogens is 1. The number of fused-ring (bicyclic) bond motifs is 1. The number of rotatable bonds is 19. The maximum Gasteiger partial charge on any atom is 0.305 e. The molecule has 1 aromatic rings. The van der Waals surface area contributed by atoms with Crippen LogP contribution in [0.1, 0.15) is 127 Å². The first-order chi connectivity index (χ1) is 18.1. The predicted molar refractivity (Wildman–Crippen MR) is 152 cm³/mol. The van der Waals surface area contributed by atoms with Gasteiger partial charge in [0, 0.05) is 37.8 Å². The van der Waals surface area contributed by atoms with E-state index in [1.165, 1.54) is 57.8 Å². The van der Waals surface area contributed by atoms with Crippen LogP contribution >= 0.6 is 0 Å². The van der Waals surface area contributed by atoms with Gasteiger partial charge in [-0.25, -0.2) is 4.98 Å². The molecule has 1 N–H and O–H groups in total. The van der Waals surface area contributed by atoms with E-state index in [9.17, 15) is 9.90 Å². The first kappa shape index (κ1) is 32.5. The van der Waals surface area contributed by atoms with Gasteiger partial charge in [0.15, 0.2) is 0 Å². The van der Waals surface area contributed by atoms with E-state index in [0.29, 0.717) is 30.7 Å². The highest BCUT2D eigenvalue weighted by Gasteiger charge is 2.33. The van der Waals surface area contributed by atoms with Gasteiger partial charge in [-0.3, -0.25) is 4.79 Å². The molecule has 1 aliphatic heterocycles. The number of nitrogens with zero attached hydrogens (tertiary/aromatic N) is 2. The van der Waals surface area contributed by atoms with Crippen molar-refractivity contribution < 1.29 is 28.6 Å². The second kappa shape index (κ2) is 16.4. The van der Waals surface area contributed by atoms with Crippen molar-refractivity contribution in [1.29, 1.82) is 0 Å². The molecule has 0 saturated carbocycles. The normalized spacial score (nSPS) is 14.7. The van der Waals surface area contributed by atoms with Gasteiger partial charge in [0.1, 0.15) is 18.0 Å². The summed E-state index contributed by atoms with van der Waals surface area (Å²) in [7, 11) is 4.28. The Bertz CT molecular complexity index is 853. The van der Waals surface area contributed by atoms with Crippen LogP contribution in [0.5, 0.6) is 5.75 Å². The molecule has 2 heterocycles. The molecule has 0 fully saturated rings. The van der Waals surface area contributed by atoms with Crippen LogP contribution in [-0.4, -0.2) is 53.6 Å². The van der Waals surface area contributed by atoms with Crippen LogP contribution < -0.4 is 4.74 Å². The van der Waals surface area contributed by atoms with Gasteiger partial charge in [-0.05, 0) is 13.3 Å². The van der Waals surface area contributed by atoms with Gasteiger partial charge in [-0.15, -0.1) is 0 Å². The third-order valence-corrected chi connectivity index (χ3v) is 7.42. The number of aliphatic hydroxyl groups excluding tert-OH is 1. The first-order valence-electron chi connectivity index (χ1n) is 15.0. The third kappa shape index (κ3) is 11.6. The van der Waals surface area contributed by atoms with Gasteiger partial charge in [0.05, 0.1) is 46.2 Å². The second-order valence-corrected chi connectivity index (χ2v) is 12.1. The fraction of sp³-hybridized carbons (Fsp3) is 0.806. The van der Waals surface area contributed by atoms with E-state index < -0.39 is 5.79 Å². The summed E-state index contributed by atoms with van der Waals surface area (Å²) in [6.45, 7) is 10.2. The number of hydrogen-bond donors (Lipinski definition) is 1. The summed E-state index contributed by atoms with van der Waals surface area (Å²) >= 11 is 0. The summed E-state index contributed by atoms with van der Waals surface area (Å²) in [4.78, 5) is 16.9. The Kier molecular flexibility index (Phi) is 14.0. The second-order valence-electron chi connectivity index (χ2n) is 12.1. The van der Waals surface area contributed by atoms with E-state index in [1.54, 1.807) is 0 Å². The Labute approximate surface area is 231 Å². The van der Waals surface area contributed by atoms with E-state index >= 15 is 0 Å². The number of carbonyl (C=O) groups is 1. The fourth-order valence-corrected chi connectivity index (χ4v) is 5.15. The maximum absolute atomic E-state index is 12.1. The summed E-state index contributed by atoms with van der Waals surface area (Å²) in [5.74, 6) is -0.0546. The molecule has 0 aromatic carbocycles. The van der Waals surface area contributed by atoms with Crippen molar-refractivity contribution in [3.63, 3.8) is 0 Å². The number of aliphatic hydroxyl groups is 1. The summed E-state index contributed by atoms with van der Waals surface area (Å²) in [6.07, 6.45) is 15.3. The zero-order chi connectivity index (χ0) is 28.0. The van der Waals surface area contributed by atoms with E-state index in [2.05, 4.69) is 21.0 Å². The molecule has 0 amide bonds. The highest BCUT2D eigenvalue weighted by atomic mass is 16.7. The van der Waals surface area contributed by atoms with Gasteiger partial charge in [0.25, 0.3) is 0 Å². The molecular weight excluding hydrogens is 480 g/mol. The SMILES string of the molecule is CCCCCCCCCCCCCC(=O)OCCC[N+](C)(C)Cc1nc(C)c2c(c1CO)COC(C)(C)O2. The molecule has 7 heteroatoms. The highest BCUT2D eigenvalue weighted by molar-refractivity contribution is 5.69. The Hall–Kier alpha value is -1.70. The number of unbranched alkanes of at least 4 members (excludes halogenated alkanes) is 10. The Morgan fingerprint density at radius 1 is 1.00 bits per heavy atom. The number of aryl methyl sites for hydroxylation is 1. The van der Waals surface area contributed by atoms with Crippen molar-refractivity contribution in [3.8, 4) is 5.75 Å². The minimum absolute atomic E-state index is 0.0799. The largest absolute Gasteiger partial charge is 0.465 e. The molecule has 0 unspecified atom stereocenters. The van der Waals surface area contributed by atoms with Crippen LogP contribution in [-0.2, 0) is 34.0 Å². The van der Waals surface area contributed by atoms with E-state index in [1.807, 2.05) is 20.8 Å². The van der Waals surface area contributed by atoms with Crippen molar-refractivity contribution >= 4 is 5.97 Å². The number of esters is 1. The van der Waals surface area contributed by atoms with Gasteiger partial charge in [-0.1, -0.05) is 71.1 Å². The van der Waals surface area contributed by atoms with Crippen LogP contribution in [0.25, 0.3) is 0 Å². The highest BCUT2D eigenvalue weighted by Crippen LogP contribution is 2.37. The van der Waals surface area contributed by atoms with Crippen LogP contribution in [0.2, 0.25) is 0 Å². The monoisotopic (exact) mass is 535 g/mol. The van der Waals surface area contributed by atoms with Crippen molar-refractivity contribution in [3.05, 3.63) is 22.5 Å². The van der Waals surface area contributed by atoms with Crippen LogP contribution in [0.15, 0.2) is 0 Å². The zero-order valence-electron chi connectivity index (χ0n) is 25.2. The summed E-state index contributed by atoms with van der Waals surface area (Å²) < 4.78 is 18.0. The molecule has 38 heavy (non-hydrogen) atoms.